The van der Waals surface area contributed by atoms with Gasteiger partial charge in [-0.3, -0.25) is 4.79 Å². The Labute approximate surface area is 307 Å². The molecule has 3 aromatic carbocycles. The van der Waals surface area contributed by atoms with Gasteiger partial charge >= 0.3 is 5.97 Å². The number of hydrogen-bond acceptors (Lipinski definition) is 2. The van der Waals surface area contributed by atoms with Crippen molar-refractivity contribution in [2.24, 2.45) is 23.2 Å². The molecule has 0 aliphatic heterocycles. The lowest BCUT2D eigenvalue weighted by Gasteiger charge is -2.56. The lowest BCUT2D eigenvalue weighted by molar-refractivity contribution is -0.160. The van der Waals surface area contributed by atoms with Crippen LogP contribution in [0.2, 0.25) is 0 Å². The van der Waals surface area contributed by atoms with Crippen LogP contribution in [-0.2, 0) is 66.8 Å². The van der Waals surface area contributed by atoms with Crippen LogP contribution < -0.4 is 0 Å². The topological polar surface area (TPSA) is 26.3 Å². The van der Waals surface area contributed by atoms with E-state index in [9.17, 15) is 0 Å². The number of rotatable bonds is 14. The summed E-state index contributed by atoms with van der Waals surface area (Å²) in [6.45, 7) is 20.8. The van der Waals surface area contributed by atoms with E-state index in [0.29, 0.717) is 17.8 Å². The van der Waals surface area contributed by atoms with Crippen LogP contribution in [0.3, 0.4) is 0 Å². The fraction of sp³-hybridized carbons (Fsp3) is 0.596. The average Bonchev–Trinajstić information content (AvgIpc) is 3.14. The summed E-state index contributed by atoms with van der Waals surface area (Å²) in [6.07, 6.45) is 15.6. The number of carbonyl (C=O) groups excluding carboxylic acids is 1. The first-order valence-electron chi connectivity index (χ1n) is 20.7. The second kappa shape index (κ2) is 15.2. The van der Waals surface area contributed by atoms with E-state index in [-0.39, 0.29) is 11.4 Å². The summed E-state index contributed by atoms with van der Waals surface area (Å²) in [5, 5.41) is 0. The third-order valence-electron chi connectivity index (χ3n) is 13.0. The Morgan fingerprint density at radius 1 is 0.500 bits per heavy atom. The van der Waals surface area contributed by atoms with Gasteiger partial charge in [0.1, 0.15) is 0 Å². The monoisotopic (exact) mass is 694 g/mol. The van der Waals surface area contributed by atoms with Crippen molar-refractivity contribution in [2.75, 3.05) is 0 Å². The standard InChI is InChI=1S/C47H66O2S/c1-10-31-22-37(13-4)43(38(14-5)23-31)50(44-39(15-6)24-32(11-2)25-40(44)16-7,45-41(17-8)26-33(12-3)27-42(45)18-9)49-46(48)47-28-34-19-35(29-47)21-36(20-34)30-47/h22-27,34-36H,10-21,28-30H2,1-9H3. The van der Waals surface area contributed by atoms with Crippen molar-refractivity contribution in [3.63, 3.8) is 0 Å². The maximum Gasteiger partial charge on any atom is 0.323 e. The molecule has 4 bridgehead atoms. The number of aryl methyl sites for hydroxylation is 9. The van der Waals surface area contributed by atoms with Crippen LogP contribution in [0.5, 0.6) is 0 Å². The molecule has 272 valence electrons. The van der Waals surface area contributed by atoms with Crippen LogP contribution in [0.4, 0.5) is 0 Å². The normalized spacial score (nSPS) is 23.0. The van der Waals surface area contributed by atoms with Gasteiger partial charge in [-0.1, -0.05) is 98.7 Å². The largest absolute Gasteiger partial charge is 0.401 e. The molecule has 7 rings (SSSR count). The summed E-state index contributed by atoms with van der Waals surface area (Å²) in [5.41, 5.74) is 12.1. The first kappa shape index (κ1) is 37.2. The third kappa shape index (κ3) is 6.30. The molecule has 0 spiro atoms. The SMILES string of the molecule is CCc1cc(CC)c(S(OC(=O)C23CC4CC(CC(C4)C2)C3)(c2c(CC)cc(CC)cc2CC)c2c(CC)cc(CC)cc2CC)c(CC)c1. The Balaban J connectivity index is 1.81. The highest BCUT2D eigenvalue weighted by molar-refractivity contribution is 8.30. The zero-order valence-corrected chi connectivity index (χ0v) is 33.8. The van der Waals surface area contributed by atoms with Crippen LogP contribution in [0.1, 0.15) is 151 Å². The summed E-state index contributed by atoms with van der Waals surface area (Å²) in [7, 11) is -2.51. The molecule has 0 aromatic heterocycles. The Kier molecular flexibility index (Phi) is 11.3. The quantitative estimate of drug-likeness (QED) is 0.168. The summed E-state index contributed by atoms with van der Waals surface area (Å²) in [6, 6.07) is 14.9. The number of carbonyl (C=O) groups is 1. The molecule has 4 saturated carbocycles. The Hall–Kier alpha value is -2.52. The Morgan fingerprint density at radius 2 is 0.760 bits per heavy atom. The fourth-order valence-electron chi connectivity index (χ4n) is 10.8. The second-order valence-electron chi connectivity index (χ2n) is 16.0. The van der Waals surface area contributed by atoms with Gasteiger partial charge < -0.3 is 4.18 Å². The van der Waals surface area contributed by atoms with E-state index in [1.807, 2.05) is 0 Å². The minimum Gasteiger partial charge on any atom is -0.401 e. The van der Waals surface area contributed by atoms with Crippen LogP contribution in [-0.4, -0.2) is 5.97 Å². The van der Waals surface area contributed by atoms with Gasteiger partial charge in [0.2, 0.25) is 0 Å². The fourth-order valence-corrected chi connectivity index (χ4v) is 15.5. The van der Waals surface area contributed by atoms with Crippen molar-refractivity contribution in [1.82, 2.24) is 0 Å². The average molecular weight is 695 g/mol. The summed E-state index contributed by atoms with van der Waals surface area (Å²) in [5.74, 6) is 2.17. The Morgan fingerprint density at radius 3 is 0.980 bits per heavy atom. The van der Waals surface area contributed by atoms with E-state index < -0.39 is 10.3 Å². The molecular formula is C47H66O2S. The van der Waals surface area contributed by atoms with Crippen LogP contribution >= 0.6 is 10.3 Å². The minimum atomic E-state index is -2.51. The first-order chi connectivity index (χ1) is 24.2. The Bertz CT molecular complexity index is 1450. The molecule has 0 amide bonds. The molecule has 4 fully saturated rings. The van der Waals surface area contributed by atoms with Gasteiger partial charge in [-0.15, -0.1) is 0 Å². The molecule has 4 aliphatic carbocycles. The van der Waals surface area contributed by atoms with Crippen molar-refractivity contribution < 1.29 is 8.98 Å². The highest BCUT2D eigenvalue weighted by Crippen LogP contribution is 2.75. The zero-order valence-electron chi connectivity index (χ0n) is 33.0. The predicted octanol–water partition coefficient (Wildman–Crippen LogP) is 12.7. The van der Waals surface area contributed by atoms with Gasteiger partial charge in [-0.2, -0.15) is 0 Å². The molecule has 50 heavy (non-hydrogen) atoms. The molecule has 3 heteroatoms. The number of hydrogen-bond donors (Lipinski definition) is 0. The smallest absolute Gasteiger partial charge is 0.323 e. The first-order valence-corrected chi connectivity index (χ1v) is 22.2. The molecular weight excluding hydrogens is 629 g/mol. The van der Waals surface area contributed by atoms with E-state index >= 15 is 4.79 Å². The summed E-state index contributed by atoms with van der Waals surface area (Å²) in [4.78, 5) is 19.8. The van der Waals surface area contributed by atoms with Crippen molar-refractivity contribution in [2.45, 2.75) is 173 Å². The van der Waals surface area contributed by atoms with Gasteiger partial charge in [0.05, 0.1) is 5.41 Å². The third-order valence-corrected chi connectivity index (χ3v) is 16.7. The molecule has 4 aliphatic rings. The second-order valence-corrected chi connectivity index (χ2v) is 18.5. The molecule has 3 aromatic rings. The molecule has 2 nitrogen and oxygen atoms in total. The molecule has 0 radical (unpaired) electrons. The molecule has 0 heterocycles. The maximum atomic E-state index is 15.8. The van der Waals surface area contributed by atoms with E-state index in [2.05, 4.69) is 98.7 Å². The van der Waals surface area contributed by atoms with Crippen molar-refractivity contribution in [3.05, 3.63) is 86.5 Å². The highest BCUT2D eigenvalue weighted by Gasteiger charge is 2.57. The maximum absolute atomic E-state index is 15.8. The lowest BCUT2D eigenvalue weighted by Crippen LogP contribution is -2.50. The van der Waals surface area contributed by atoms with E-state index in [1.165, 1.54) is 84.0 Å². The summed E-state index contributed by atoms with van der Waals surface area (Å²) < 4.78 is 8.00. The highest BCUT2D eigenvalue weighted by atomic mass is 32.3. The summed E-state index contributed by atoms with van der Waals surface area (Å²) >= 11 is 0. The molecule has 0 N–H and O–H groups in total. The van der Waals surface area contributed by atoms with Gasteiger partial charge in [0, 0.05) is 14.7 Å². The van der Waals surface area contributed by atoms with Gasteiger partial charge in [0.25, 0.3) is 0 Å². The van der Waals surface area contributed by atoms with Crippen LogP contribution in [0.15, 0.2) is 51.1 Å². The van der Waals surface area contributed by atoms with Gasteiger partial charge in [-0.25, -0.2) is 0 Å². The van der Waals surface area contributed by atoms with Crippen molar-refractivity contribution >= 4 is 16.3 Å². The predicted molar refractivity (Wildman–Crippen MR) is 213 cm³/mol. The van der Waals surface area contributed by atoms with E-state index in [4.69, 9.17) is 4.18 Å². The lowest BCUT2D eigenvalue weighted by atomic mass is 9.49. The van der Waals surface area contributed by atoms with Crippen LogP contribution in [0.25, 0.3) is 0 Å². The number of benzene rings is 3. The van der Waals surface area contributed by atoms with E-state index in [1.54, 1.807) is 0 Å². The van der Waals surface area contributed by atoms with E-state index in [0.717, 1.165) is 77.0 Å². The minimum absolute atomic E-state index is 0.127. The van der Waals surface area contributed by atoms with Gasteiger partial charge in [-0.05, 0) is 174 Å². The zero-order chi connectivity index (χ0) is 35.8. The molecule has 0 saturated heterocycles. The van der Waals surface area contributed by atoms with Gasteiger partial charge in [0.15, 0.2) is 0 Å². The molecule has 0 unspecified atom stereocenters. The van der Waals surface area contributed by atoms with Crippen molar-refractivity contribution in [1.29, 1.82) is 0 Å². The van der Waals surface area contributed by atoms with Crippen molar-refractivity contribution in [3.8, 4) is 0 Å². The van der Waals surface area contributed by atoms with Crippen LogP contribution in [0, 0.1) is 23.2 Å². The molecule has 0 atom stereocenters.